The highest BCUT2D eigenvalue weighted by Crippen LogP contribution is 2.41. The molecule has 9 aromatic rings. The van der Waals surface area contributed by atoms with Gasteiger partial charge in [-0.15, -0.1) is 0 Å². The van der Waals surface area contributed by atoms with Crippen molar-refractivity contribution in [2.75, 3.05) is 4.90 Å². The van der Waals surface area contributed by atoms with Crippen molar-refractivity contribution in [3.05, 3.63) is 199 Å². The van der Waals surface area contributed by atoms with E-state index in [0.717, 1.165) is 0 Å². The van der Waals surface area contributed by atoms with E-state index in [0.29, 0.717) is 0 Å². The van der Waals surface area contributed by atoms with Crippen molar-refractivity contribution >= 4 is 90.8 Å². The van der Waals surface area contributed by atoms with Crippen LogP contribution in [-0.2, 0) is 0 Å². The Morgan fingerprint density at radius 2 is 1.02 bits per heavy atom. The summed E-state index contributed by atoms with van der Waals surface area (Å²) in [6.07, 6.45) is 0. The molecule has 0 fully saturated rings. The smallest absolute Gasteiger partial charge is 0.247 e. The van der Waals surface area contributed by atoms with E-state index < -0.39 is 8.07 Å². The highest BCUT2D eigenvalue weighted by molar-refractivity contribution is 7.22. The van der Waals surface area contributed by atoms with Gasteiger partial charge in [0, 0.05) is 33.5 Å². The molecule has 0 radical (unpaired) electrons. The summed E-state index contributed by atoms with van der Waals surface area (Å²) in [6, 6.07) is 69.1. The van der Waals surface area contributed by atoms with Gasteiger partial charge in [0.05, 0.1) is 11.0 Å². The van der Waals surface area contributed by atoms with Crippen LogP contribution in [0.3, 0.4) is 0 Å². The topological polar surface area (TPSA) is 8.17 Å². The molecule has 8 aromatic carbocycles. The third-order valence-corrected chi connectivity index (χ3v) is 17.2. The highest BCUT2D eigenvalue weighted by Gasteiger charge is 2.52. The van der Waals surface area contributed by atoms with Crippen LogP contribution >= 0.6 is 0 Å². The Kier molecular flexibility index (Phi) is 7.05. The molecule has 2 aliphatic rings. The number of fused-ring (bicyclic) bond motifs is 7. The van der Waals surface area contributed by atoms with E-state index in [2.05, 4.69) is 212 Å². The van der Waals surface area contributed by atoms with Gasteiger partial charge in [-0.25, -0.2) is 0 Å². The first kappa shape index (κ1) is 32.1. The van der Waals surface area contributed by atoms with Gasteiger partial charge in [0.2, 0.25) is 6.71 Å². The Morgan fingerprint density at radius 1 is 0.455 bits per heavy atom. The summed E-state index contributed by atoms with van der Waals surface area (Å²) in [7, 11) is -2.95. The van der Waals surface area contributed by atoms with E-state index in [-0.39, 0.29) is 6.71 Å². The maximum atomic E-state index is 2.62. The van der Waals surface area contributed by atoms with Crippen LogP contribution in [0.5, 0.6) is 0 Å². The SMILES string of the molecule is Cc1cc(C)c(B2c3ccccc3N3c4ccc(-n5c6ccccc6c6ccccc65)cc4[Si](c4ccccc4)(c4ccccc4)c4cccc2c43)c(C)c1. The van der Waals surface area contributed by atoms with Gasteiger partial charge >= 0.3 is 0 Å². The number of aryl methyl sites for hydroxylation is 3. The van der Waals surface area contributed by atoms with Crippen LogP contribution in [0.1, 0.15) is 16.7 Å². The minimum atomic E-state index is -2.95. The average Bonchev–Trinajstić information content (AvgIpc) is 3.56. The monoisotopic (exact) mass is 718 g/mol. The van der Waals surface area contributed by atoms with Crippen LogP contribution in [0.2, 0.25) is 0 Å². The molecule has 0 N–H and O–H groups in total. The Hall–Kier alpha value is -6.36. The number of nitrogens with zero attached hydrogens (tertiary/aromatic N) is 2. The molecule has 0 saturated heterocycles. The van der Waals surface area contributed by atoms with Gasteiger partial charge in [-0.1, -0.05) is 168 Å². The second-order valence-corrected chi connectivity index (χ2v) is 19.2. The molecule has 0 amide bonds. The molecule has 0 spiro atoms. The maximum Gasteiger partial charge on any atom is 0.247 e. The largest absolute Gasteiger partial charge is 0.312 e. The molecule has 260 valence electrons. The minimum Gasteiger partial charge on any atom is -0.312 e. The van der Waals surface area contributed by atoms with Crippen molar-refractivity contribution in [3.63, 3.8) is 0 Å². The molecule has 1 aromatic heterocycles. The van der Waals surface area contributed by atoms with E-state index >= 15 is 0 Å². The Labute approximate surface area is 324 Å². The molecular formula is C51H39BN2Si. The van der Waals surface area contributed by atoms with Gasteiger partial charge in [0.25, 0.3) is 0 Å². The van der Waals surface area contributed by atoms with Crippen molar-refractivity contribution in [2.24, 2.45) is 0 Å². The average molecular weight is 719 g/mol. The molecule has 55 heavy (non-hydrogen) atoms. The van der Waals surface area contributed by atoms with Crippen molar-refractivity contribution in [2.45, 2.75) is 20.8 Å². The van der Waals surface area contributed by atoms with Gasteiger partial charge in [0.1, 0.15) is 0 Å². The molecule has 2 nitrogen and oxygen atoms in total. The standard InChI is InChI=1S/C51H39BN2Si/c1-34-31-35(2)50(36(3)32-34)52-42-23-12-15-27-46(42)54-47-30-29-37(53-44-25-13-10-21-40(44)41-22-11-14-26-45(41)53)33-49(47)55(38-17-6-4-7-18-38,39-19-8-5-9-20-39)48-28-16-24-43(52)51(48)54/h4-33H,1-3H3. The second-order valence-electron chi connectivity index (χ2n) is 15.4. The fourth-order valence-electron chi connectivity index (χ4n) is 10.4. The quantitative estimate of drug-likeness (QED) is 0.170. The van der Waals surface area contributed by atoms with Crippen molar-refractivity contribution in [1.82, 2.24) is 4.57 Å². The first-order valence-corrected chi connectivity index (χ1v) is 21.4. The number of aromatic nitrogens is 1. The van der Waals surface area contributed by atoms with E-state index in [4.69, 9.17) is 0 Å². The lowest BCUT2D eigenvalue weighted by Crippen LogP contribution is -2.78. The first-order valence-electron chi connectivity index (χ1n) is 19.4. The van der Waals surface area contributed by atoms with Crippen LogP contribution in [0.15, 0.2) is 182 Å². The lowest BCUT2D eigenvalue weighted by Gasteiger charge is -2.49. The molecule has 0 bridgehead atoms. The van der Waals surface area contributed by atoms with Gasteiger partial charge < -0.3 is 9.47 Å². The minimum absolute atomic E-state index is 0.111. The predicted octanol–water partition coefficient (Wildman–Crippen LogP) is 7.70. The molecule has 4 heteroatoms. The first-order chi connectivity index (χ1) is 27.1. The second kappa shape index (κ2) is 12.1. The number of hydrogen-bond donors (Lipinski definition) is 0. The van der Waals surface area contributed by atoms with E-state index in [1.165, 1.54) is 98.4 Å². The summed E-state index contributed by atoms with van der Waals surface area (Å²) < 4.78 is 2.48. The molecule has 0 aliphatic carbocycles. The Bertz CT molecular complexity index is 2870. The van der Waals surface area contributed by atoms with Gasteiger partial charge in [-0.05, 0) is 88.8 Å². The van der Waals surface area contributed by atoms with Crippen LogP contribution in [0.25, 0.3) is 27.5 Å². The molecule has 3 heterocycles. The van der Waals surface area contributed by atoms with Crippen molar-refractivity contribution < 1.29 is 0 Å². The molecule has 11 rings (SSSR count). The lowest BCUT2D eigenvalue weighted by atomic mass is 9.34. The molecule has 0 atom stereocenters. The zero-order chi connectivity index (χ0) is 36.8. The summed E-state index contributed by atoms with van der Waals surface area (Å²) >= 11 is 0. The van der Waals surface area contributed by atoms with Crippen LogP contribution in [0.4, 0.5) is 17.1 Å². The summed E-state index contributed by atoms with van der Waals surface area (Å²) in [4.78, 5) is 2.62. The van der Waals surface area contributed by atoms with Gasteiger partial charge in [0.15, 0.2) is 8.07 Å². The van der Waals surface area contributed by atoms with Crippen LogP contribution < -0.4 is 42.0 Å². The summed E-state index contributed by atoms with van der Waals surface area (Å²) in [5.74, 6) is 0. The Balaban J connectivity index is 1.30. The van der Waals surface area contributed by atoms with Crippen LogP contribution in [-0.4, -0.2) is 19.4 Å². The number of anilines is 3. The number of para-hydroxylation sites is 4. The fraction of sp³-hybridized carbons (Fsp3) is 0.0588. The van der Waals surface area contributed by atoms with E-state index in [1.807, 2.05) is 0 Å². The molecule has 0 saturated carbocycles. The summed E-state index contributed by atoms with van der Waals surface area (Å²) in [5, 5.41) is 8.19. The summed E-state index contributed by atoms with van der Waals surface area (Å²) in [5.41, 5.74) is 15.7. The van der Waals surface area contributed by atoms with E-state index in [9.17, 15) is 0 Å². The van der Waals surface area contributed by atoms with Crippen LogP contribution in [0, 0.1) is 20.8 Å². The normalized spacial score (nSPS) is 13.8. The third kappa shape index (κ3) is 4.43. The number of benzene rings is 8. The maximum absolute atomic E-state index is 2.95. The zero-order valence-electron chi connectivity index (χ0n) is 31.3. The highest BCUT2D eigenvalue weighted by atomic mass is 28.3. The molecule has 0 unspecified atom stereocenters. The number of hydrogen-bond acceptors (Lipinski definition) is 1. The summed E-state index contributed by atoms with van der Waals surface area (Å²) in [6.45, 7) is 6.94. The third-order valence-electron chi connectivity index (χ3n) is 12.4. The van der Waals surface area contributed by atoms with Crippen molar-refractivity contribution in [1.29, 1.82) is 0 Å². The lowest BCUT2D eigenvalue weighted by molar-refractivity contribution is 1.18. The van der Waals surface area contributed by atoms with Gasteiger partial charge in [-0.2, -0.15) is 0 Å². The Morgan fingerprint density at radius 3 is 1.67 bits per heavy atom. The molecule has 2 aliphatic heterocycles. The zero-order valence-corrected chi connectivity index (χ0v) is 32.3. The fourth-order valence-corrected chi connectivity index (χ4v) is 15.6. The molecular weight excluding hydrogens is 679 g/mol. The van der Waals surface area contributed by atoms with Gasteiger partial charge in [-0.3, -0.25) is 0 Å². The van der Waals surface area contributed by atoms with E-state index in [1.54, 1.807) is 0 Å². The predicted molar refractivity (Wildman–Crippen MR) is 238 cm³/mol. The number of rotatable bonds is 4. The van der Waals surface area contributed by atoms with Crippen molar-refractivity contribution in [3.8, 4) is 5.69 Å².